The number of esters is 2. The largest absolute Gasteiger partial charge is 0.468 e. The maximum Gasteiger partial charge on any atom is 0.336 e. The molecule has 0 spiro atoms. The van der Waals surface area contributed by atoms with E-state index in [-0.39, 0.29) is 13.2 Å². The van der Waals surface area contributed by atoms with Gasteiger partial charge in [0.05, 0.1) is 45.0 Å². The molecule has 0 bridgehead atoms. The highest BCUT2D eigenvalue weighted by molar-refractivity contribution is 8.25. The van der Waals surface area contributed by atoms with Crippen LogP contribution in [0.15, 0.2) is 42.4 Å². The molecule has 3 heterocycles. The van der Waals surface area contributed by atoms with Crippen molar-refractivity contribution >= 4 is 59.0 Å². The van der Waals surface area contributed by atoms with Crippen LogP contribution in [0.25, 0.3) is 0 Å². The molecule has 3 rings (SSSR count). The Morgan fingerprint density at radius 2 is 1.39 bits per heavy atom. The maximum absolute atomic E-state index is 13.0. The van der Waals surface area contributed by atoms with Crippen molar-refractivity contribution in [3.63, 3.8) is 0 Å². The van der Waals surface area contributed by atoms with Crippen molar-refractivity contribution in [2.24, 2.45) is 0 Å². The summed E-state index contributed by atoms with van der Waals surface area (Å²) in [7, 11) is 0. The smallest absolute Gasteiger partial charge is 0.336 e. The average Bonchev–Trinajstić information content (AvgIpc) is 3.44. The lowest BCUT2D eigenvalue weighted by molar-refractivity contribution is -0.139. The van der Waals surface area contributed by atoms with E-state index in [4.69, 9.17) is 13.9 Å². The van der Waals surface area contributed by atoms with Gasteiger partial charge in [-0.3, -0.25) is 0 Å². The standard InChI is InChI=1S/C19H22O5S4/c1-3-22-16(20)14(18-25-8-9-26-18)13(12-6-5-7-24-12)15(17(21)23-4-2)19-27-10-11-28-19/h5-7,13H,3-4,8-11H2,1-2H3. The minimum atomic E-state index is -0.644. The summed E-state index contributed by atoms with van der Waals surface area (Å²) in [6, 6.07) is 3.58. The van der Waals surface area contributed by atoms with Crippen molar-refractivity contribution in [3.8, 4) is 0 Å². The summed E-state index contributed by atoms with van der Waals surface area (Å²) in [4.78, 5) is 26.1. The van der Waals surface area contributed by atoms with Crippen LogP contribution in [0.3, 0.4) is 0 Å². The van der Waals surface area contributed by atoms with Crippen LogP contribution >= 0.6 is 47.0 Å². The van der Waals surface area contributed by atoms with Crippen molar-refractivity contribution in [1.29, 1.82) is 0 Å². The van der Waals surface area contributed by atoms with Gasteiger partial charge in [-0.25, -0.2) is 9.59 Å². The van der Waals surface area contributed by atoms with Crippen LogP contribution in [-0.2, 0) is 19.1 Å². The topological polar surface area (TPSA) is 65.7 Å². The number of thioether (sulfide) groups is 4. The minimum Gasteiger partial charge on any atom is -0.468 e. The molecule has 2 fully saturated rings. The van der Waals surface area contributed by atoms with Gasteiger partial charge in [-0.2, -0.15) is 0 Å². The lowest BCUT2D eigenvalue weighted by Crippen LogP contribution is -2.23. The zero-order chi connectivity index (χ0) is 19.9. The van der Waals surface area contributed by atoms with Crippen LogP contribution in [0.2, 0.25) is 0 Å². The molecule has 0 amide bonds. The van der Waals surface area contributed by atoms with Gasteiger partial charge in [0.2, 0.25) is 0 Å². The van der Waals surface area contributed by atoms with Gasteiger partial charge in [0.15, 0.2) is 0 Å². The fourth-order valence-electron chi connectivity index (χ4n) is 2.87. The Balaban J connectivity index is 2.19. The van der Waals surface area contributed by atoms with Gasteiger partial charge in [-0.1, -0.05) is 0 Å². The molecule has 5 nitrogen and oxygen atoms in total. The monoisotopic (exact) mass is 458 g/mol. The van der Waals surface area contributed by atoms with Crippen molar-refractivity contribution < 1.29 is 23.5 Å². The number of hydrogen-bond acceptors (Lipinski definition) is 9. The zero-order valence-electron chi connectivity index (χ0n) is 15.7. The molecule has 1 aromatic rings. The van der Waals surface area contributed by atoms with Crippen molar-refractivity contribution in [3.05, 3.63) is 43.8 Å². The SMILES string of the molecule is CCOC(=O)C(=C1SCCS1)C(C(C(=O)OCC)=C1SCCS1)c1ccco1. The molecule has 0 atom stereocenters. The van der Waals surface area contributed by atoms with Crippen LogP contribution in [-0.4, -0.2) is 48.2 Å². The second-order valence-corrected chi connectivity index (χ2v) is 10.6. The third-order valence-corrected chi connectivity index (χ3v) is 9.43. The summed E-state index contributed by atoms with van der Waals surface area (Å²) in [5, 5.41) is 0. The molecule has 9 heteroatoms. The van der Waals surface area contributed by atoms with Crippen LogP contribution < -0.4 is 0 Å². The summed E-state index contributed by atoms with van der Waals surface area (Å²) in [5.74, 6) is 2.77. The summed E-state index contributed by atoms with van der Waals surface area (Å²) in [5.41, 5.74) is 0.959. The van der Waals surface area contributed by atoms with Crippen LogP contribution in [0.4, 0.5) is 0 Å². The first kappa shape index (κ1) is 21.8. The predicted molar refractivity (Wildman–Crippen MR) is 119 cm³/mol. The molecule has 0 saturated carbocycles. The molecular weight excluding hydrogens is 436 g/mol. The van der Waals surface area contributed by atoms with E-state index in [2.05, 4.69) is 0 Å². The van der Waals surface area contributed by atoms with Gasteiger partial charge >= 0.3 is 11.9 Å². The Labute approximate surface area is 181 Å². The Bertz CT molecular complexity index is 705. The van der Waals surface area contributed by atoms with E-state index < -0.39 is 17.9 Å². The Kier molecular flexibility index (Phi) is 8.37. The molecule has 1 aromatic heterocycles. The summed E-state index contributed by atoms with van der Waals surface area (Å²) < 4.78 is 18.3. The van der Waals surface area contributed by atoms with Gasteiger partial charge in [0.1, 0.15) is 5.76 Å². The Morgan fingerprint density at radius 1 is 0.929 bits per heavy atom. The van der Waals surface area contributed by atoms with Crippen molar-refractivity contribution in [2.45, 2.75) is 19.8 Å². The third-order valence-electron chi connectivity index (χ3n) is 3.93. The van der Waals surface area contributed by atoms with E-state index in [0.717, 1.165) is 31.5 Å². The van der Waals surface area contributed by atoms with Crippen LogP contribution in [0, 0.1) is 0 Å². The first-order valence-electron chi connectivity index (χ1n) is 9.04. The number of furan rings is 1. The second kappa shape index (κ2) is 10.8. The molecule has 0 N–H and O–H groups in total. The molecule has 2 aliphatic heterocycles. The maximum atomic E-state index is 13.0. The molecular formula is C19H22O5S4. The van der Waals surface area contributed by atoms with Crippen molar-refractivity contribution in [2.75, 3.05) is 36.2 Å². The van der Waals surface area contributed by atoms with Crippen molar-refractivity contribution in [1.82, 2.24) is 0 Å². The van der Waals surface area contributed by atoms with Gasteiger partial charge < -0.3 is 13.9 Å². The number of ether oxygens (including phenoxy) is 2. The van der Waals surface area contributed by atoms with Gasteiger partial charge in [0, 0.05) is 23.0 Å². The zero-order valence-corrected chi connectivity index (χ0v) is 19.0. The highest BCUT2D eigenvalue weighted by Gasteiger charge is 2.39. The van der Waals surface area contributed by atoms with E-state index in [1.54, 1.807) is 79.3 Å². The van der Waals surface area contributed by atoms with Crippen LogP contribution in [0.5, 0.6) is 0 Å². The number of rotatable bonds is 7. The lowest BCUT2D eigenvalue weighted by atomic mass is 9.90. The first-order chi connectivity index (χ1) is 13.7. The summed E-state index contributed by atoms with van der Waals surface area (Å²) in [6.07, 6.45) is 1.56. The highest BCUT2D eigenvalue weighted by atomic mass is 32.2. The lowest BCUT2D eigenvalue weighted by Gasteiger charge is -2.22. The molecule has 0 unspecified atom stereocenters. The van der Waals surface area contributed by atoms with E-state index in [1.807, 2.05) is 0 Å². The molecule has 152 valence electrons. The minimum absolute atomic E-state index is 0.268. The fourth-order valence-corrected chi connectivity index (χ4v) is 8.04. The summed E-state index contributed by atoms with van der Waals surface area (Å²) in [6.45, 7) is 4.10. The molecule has 2 aliphatic rings. The molecule has 0 aromatic carbocycles. The van der Waals surface area contributed by atoms with Crippen LogP contribution in [0.1, 0.15) is 25.5 Å². The van der Waals surface area contributed by atoms with E-state index in [0.29, 0.717) is 16.9 Å². The normalized spacial score (nSPS) is 16.5. The Hall–Kier alpha value is -0.900. The van der Waals surface area contributed by atoms with E-state index in [9.17, 15) is 9.59 Å². The molecule has 28 heavy (non-hydrogen) atoms. The molecule has 0 radical (unpaired) electrons. The number of hydrogen-bond donors (Lipinski definition) is 0. The number of carbonyl (C=O) groups excluding carboxylic acids is 2. The first-order valence-corrected chi connectivity index (χ1v) is 13.0. The van der Waals surface area contributed by atoms with E-state index in [1.165, 1.54) is 0 Å². The second-order valence-electron chi connectivity index (χ2n) is 5.69. The highest BCUT2D eigenvalue weighted by Crippen LogP contribution is 2.50. The average molecular weight is 459 g/mol. The van der Waals surface area contributed by atoms with Gasteiger partial charge in [0.25, 0.3) is 0 Å². The Morgan fingerprint density at radius 3 is 1.75 bits per heavy atom. The third kappa shape index (κ3) is 4.98. The molecule has 2 saturated heterocycles. The summed E-state index contributed by atoms with van der Waals surface area (Å²) >= 11 is 6.51. The van der Waals surface area contributed by atoms with E-state index >= 15 is 0 Å². The quantitative estimate of drug-likeness (QED) is 0.420. The number of carbonyl (C=O) groups is 2. The molecule has 0 aliphatic carbocycles. The van der Waals surface area contributed by atoms with Gasteiger partial charge in [-0.05, 0) is 26.0 Å². The van der Waals surface area contributed by atoms with Gasteiger partial charge in [-0.15, -0.1) is 47.0 Å². The predicted octanol–water partition coefficient (Wildman–Crippen LogP) is 4.87. The fraction of sp³-hybridized carbons (Fsp3) is 0.474.